The third kappa shape index (κ3) is 6.19. The van der Waals surface area contributed by atoms with Gasteiger partial charge in [0.1, 0.15) is 6.10 Å². The highest BCUT2D eigenvalue weighted by Crippen LogP contribution is 2.26. The topological polar surface area (TPSA) is 84.0 Å². The van der Waals surface area contributed by atoms with E-state index in [2.05, 4.69) is 20.9 Å². The zero-order valence-corrected chi connectivity index (χ0v) is 16.8. The standard InChI is InChI=1S/C21H28N4O3/c1-15(28-19-11-6-5-10-18(19)27-4)13-24-21(23-3)25-14-16-8-7-9-17(12-16)20(26)22-2/h5-12,15H,13-14H2,1-4H3,(H,22,26)(H2,23,24,25). The molecule has 1 amide bonds. The van der Waals surface area contributed by atoms with Crippen molar-refractivity contribution in [2.24, 2.45) is 4.99 Å². The average Bonchev–Trinajstić information content (AvgIpc) is 2.73. The summed E-state index contributed by atoms with van der Waals surface area (Å²) in [6.45, 7) is 3.09. The van der Waals surface area contributed by atoms with Crippen LogP contribution in [-0.2, 0) is 6.54 Å². The first kappa shape index (κ1) is 21.1. The highest BCUT2D eigenvalue weighted by Gasteiger charge is 2.10. The molecule has 0 aromatic heterocycles. The Hall–Kier alpha value is -3.22. The van der Waals surface area contributed by atoms with Gasteiger partial charge in [-0.05, 0) is 36.8 Å². The maximum Gasteiger partial charge on any atom is 0.251 e. The summed E-state index contributed by atoms with van der Waals surface area (Å²) < 4.78 is 11.2. The molecule has 2 rings (SSSR count). The van der Waals surface area contributed by atoms with Crippen LogP contribution < -0.4 is 25.4 Å². The van der Waals surface area contributed by atoms with Gasteiger partial charge >= 0.3 is 0 Å². The molecule has 3 N–H and O–H groups in total. The number of amides is 1. The van der Waals surface area contributed by atoms with Crippen LogP contribution in [0.4, 0.5) is 0 Å². The highest BCUT2D eigenvalue weighted by atomic mass is 16.5. The van der Waals surface area contributed by atoms with Crippen LogP contribution in [0.5, 0.6) is 11.5 Å². The third-order valence-electron chi connectivity index (χ3n) is 4.05. The second-order valence-electron chi connectivity index (χ2n) is 6.17. The number of guanidine groups is 1. The molecule has 0 heterocycles. The summed E-state index contributed by atoms with van der Waals surface area (Å²) in [5.74, 6) is 1.95. The number of carbonyl (C=O) groups is 1. The molecular formula is C21H28N4O3. The molecule has 0 saturated heterocycles. The molecule has 0 spiro atoms. The Morgan fingerprint density at radius 3 is 2.54 bits per heavy atom. The van der Waals surface area contributed by atoms with Crippen LogP contribution in [0.15, 0.2) is 53.5 Å². The quantitative estimate of drug-likeness (QED) is 0.480. The second kappa shape index (κ2) is 10.8. The molecule has 150 valence electrons. The lowest BCUT2D eigenvalue weighted by molar-refractivity contribution is 0.0963. The van der Waals surface area contributed by atoms with E-state index in [-0.39, 0.29) is 12.0 Å². The van der Waals surface area contributed by atoms with Crippen molar-refractivity contribution in [1.29, 1.82) is 0 Å². The first-order valence-corrected chi connectivity index (χ1v) is 9.12. The van der Waals surface area contributed by atoms with Crippen LogP contribution in [-0.4, -0.2) is 45.7 Å². The van der Waals surface area contributed by atoms with Gasteiger partial charge in [0.2, 0.25) is 0 Å². The molecule has 0 aliphatic heterocycles. The number of rotatable bonds is 8. The van der Waals surface area contributed by atoms with E-state index < -0.39 is 0 Å². The van der Waals surface area contributed by atoms with Gasteiger partial charge in [0.15, 0.2) is 17.5 Å². The Morgan fingerprint density at radius 1 is 1.11 bits per heavy atom. The molecule has 0 radical (unpaired) electrons. The lowest BCUT2D eigenvalue weighted by atomic mass is 10.1. The highest BCUT2D eigenvalue weighted by molar-refractivity contribution is 5.94. The number of carbonyl (C=O) groups excluding carboxylic acids is 1. The van der Waals surface area contributed by atoms with E-state index in [1.54, 1.807) is 27.3 Å². The van der Waals surface area contributed by atoms with Gasteiger partial charge in [0, 0.05) is 26.2 Å². The summed E-state index contributed by atoms with van der Waals surface area (Å²) in [6, 6.07) is 15.0. The third-order valence-corrected chi connectivity index (χ3v) is 4.05. The van der Waals surface area contributed by atoms with Gasteiger partial charge in [0.05, 0.1) is 13.7 Å². The van der Waals surface area contributed by atoms with Crippen molar-refractivity contribution in [2.75, 3.05) is 27.7 Å². The van der Waals surface area contributed by atoms with Gasteiger partial charge < -0.3 is 25.4 Å². The summed E-state index contributed by atoms with van der Waals surface area (Å²) in [4.78, 5) is 16.0. The maximum absolute atomic E-state index is 11.7. The number of benzene rings is 2. The number of nitrogens with one attached hydrogen (secondary N) is 3. The fourth-order valence-corrected chi connectivity index (χ4v) is 2.59. The van der Waals surface area contributed by atoms with E-state index in [0.29, 0.717) is 36.1 Å². The Morgan fingerprint density at radius 2 is 1.86 bits per heavy atom. The molecule has 2 aromatic rings. The Labute approximate surface area is 166 Å². The van der Waals surface area contributed by atoms with Crippen molar-refractivity contribution >= 4 is 11.9 Å². The minimum absolute atomic E-state index is 0.0913. The molecule has 0 saturated carbocycles. The normalized spacial score (nSPS) is 12.1. The molecular weight excluding hydrogens is 356 g/mol. The predicted octanol–water partition coefficient (Wildman–Crippen LogP) is 2.19. The van der Waals surface area contributed by atoms with Crippen molar-refractivity contribution < 1.29 is 14.3 Å². The second-order valence-corrected chi connectivity index (χ2v) is 6.17. The van der Waals surface area contributed by atoms with E-state index in [1.165, 1.54) is 0 Å². The lowest BCUT2D eigenvalue weighted by Gasteiger charge is -2.19. The SMILES string of the molecule is CN=C(NCc1cccc(C(=O)NC)c1)NCC(C)Oc1ccccc1OC. The monoisotopic (exact) mass is 384 g/mol. The van der Waals surface area contributed by atoms with E-state index >= 15 is 0 Å². The number of nitrogens with zero attached hydrogens (tertiary/aromatic N) is 1. The van der Waals surface area contributed by atoms with Gasteiger partial charge in [-0.15, -0.1) is 0 Å². The molecule has 0 aliphatic rings. The smallest absolute Gasteiger partial charge is 0.251 e. The average molecular weight is 384 g/mol. The van der Waals surface area contributed by atoms with Crippen molar-refractivity contribution in [1.82, 2.24) is 16.0 Å². The van der Waals surface area contributed by atoms with Crippen molar-refractivity contribution in [3.63, 3.8) is 0 Å². The minimum Gasteiger partial charge on any atom is -0.493 e. The van der Waals surface area contributed by atoms with Crippen LogP contribution in [0, 0.1) is 0 Å². The summed E-state index contributed by atoms with van der Waals surface area (Å²) in [6.07, 6.45) is -0.0913. The number of ether oxygens (including phenoxy) is 2. The van der Waals surface area contributed by atoms with Crippen LogP contribution in [0.1, 0.15) is 22.8 Å². The van der Waals surface area contributed by atoms with Crippen molar-refractivity contribution in [3.05, 3.63) is 59.7 Å². The molecule has 1 unspecified atom stereocenters. The number of methoxy groups -OCH3 is 1. The lowest BCUT2D eigenvalue weighted by Crippen LogP contribution is -2.41. The van der Waals surface area contributed by atoms with Gasteiger partial charge in [-0.2, -0.15) is 0 Å². The van der Waals surface area contributed by atoms with Crippen LogP contribution in [0.2, 0.25) is 0 Å². The van der Waals surface area contributed by atoms with Crippen LogP contribution in [0.3, 0.4) is 0 Å². The Balaban J connectivity index is 1.85. The molecule has 0 bridgehead atoms. The zero-order valence-electron chi connectivity index (χ0n) is 16.8. The molecule has 1 atom stereocenters. The fourth-order valence-electron chi connectivity index (χ4n) is 2.59. The van der Waals surface area contributed by atoms with Crippen LogP contribution in [0.25, 0.3) is 0 Å². The molecule has 0 aliphatic carbocycles. The van der Waals surface area contributed by atoms with Crippen molar-refractivity contribution in [3.8, 4) is 11.5 Å². The van der Waals surface area contributed by atoms with E-state index in [1.807, 2.05) is 49.4 Å². The van der Waals surface area contributed by atoms with E-state index in [9.17, 15) is 4.79 Å². The molecule has 28 heavy (non-hydrogen) atoms. The fraction of sp³-hybridized carbons (Fsp3) is 0.333. The Bertz CT molecular complexity index is 808. The number of hydrogen-bond acceptors (Lipinski definition) is 4. The largest absolute Gasteiger partial charge is 0.493 e. The first-order valence-electron chi connectivity index (χ1n) is 9.12. The molecule has 7 heteroatoms. The number of aliphatic imine (C=N–C) groups is 1. The number of hydrogen-bond donors (Lipinski definition) is 3. The minimum atomic E-state index is -0.105. The summed E-state index contributed by atoms with van der Waals surface area (Å²) in [5, 5.41) is 9.11. The van der Waals surface area contributed by atoms with Gasteiger partial charge in [0.25, 0.3) is 5.91 Å². The number of para-hydroxylation sites is 2. The summed E-state index contributed by atoms with van der Waals surface area (Å²) in [5.41, 5.74) is 1.62. The maximum atomic E-state index is 11.7. The molecule has 0 fully saturated rings. The van der Waals surface area contributed by atoms with E-state index in [4.69, 9.17) is 9.47 Å². The molecule has 7 nitrogen and oxygen atoms in total. The zero-order chi connectivity index (χ0) is 20.4. The van der Waals surface area contributed by atoms with Crippen LogP contribution >= 0.6 is 0 Å². The summed E-state index contributed by atoms with van der Waals surface area (Å²) in [7, 11) is 4.95. The Kier molecular flexibility index (Phi) is 8.14. The molecule has 2 aromatic carbocycles. The van der Waals surface area contributed by atoms with Gasteiger partial charge in [-0.1, -0.05) is 24.3 Å². The first-order chi connectivity index (χ1) is 13.6. The van der Waals surface area contributed by atoms with E-state index in [0.717, 1.165) is 5.56 Å². The van der Waals surface area contributed by atoms with Gasteiger partial charge in [-0.25, -0.2) is 0 Å². The summed E-state index contributed by atoms with van der Waals surface area (Å²) >= 11 is 0. The van der Waals surface area contributed by atoms with Crippen molar-refractivity contribution in [2.45, 2.75) is 19.6 Å². The predicted molar refractivity (Wildman–Crippen MR) is 111 cm³/mol. The van der Waals surface area contributed by atoms with Gasteiger partial charge in [-0.3, -0.25) is 9.79 Å².